The Morgan fingerprint density at radius 3 is 1.56 bits per heavy atom. The van der Waals surface area contributed by atoms with Crippen LogP contribution in [0, 0.1) is 0 Å². The van der Waals surface area contributed by atoms with Crippen molar-refractivity contribution in [3.8, 4) is 0 Å². The summed E-state index contributed by atoms with van der Waals surface area (Å²) in [4.78, 5) is 82.2. The average Bonchev–Trinajstić information content (AvgIpc) is 3.22. The van der Waals surface area contributed by atoms with E-state index in [1.54, 1.807) is 104 Å². The van der Waals surface area contributed by atoms with E-state index in [1.807, 2.05) is 0 Å². The molecule has 28 heteroatoms. The van der Waals surface area contributed by atoms with E-state index in [9.17, 15) is 54.7 Å². The number of carbonyl (C=O) groups is 6. The van der Waals surface area contributed by atoms with E-state index in [2.05, 4.69) is 41.9 Å². The molecule has 6 amide bonds. The van der Waals surface area contributed by atoms with Gasteiger partial charge in [0.15, 0.2) is 12.6 Å². The van der Waals surface area contributed by atoms with Crippen molar-refractivity contribution in [2.45, 2.75) is 243 Å². The largest absolute Gasteiger partial charge is 0.444 e. The Morgan fingerprint density at radius 2 is 1.07 bits per heavy atom. The number of rotatable bonds is 16. The zero-order valence-corrected chi connectivity index (χ0v) is 45.8. The summed E-state index contributed by atoms with van der Waals surface area (Å²) in [6, 6.07) is -7.17. The summed E-state index contributed by atoms with van der Waals surface area (Å²) in [5.41, 5.74) is 5.56. The molecule has 10 N–H and O–H groups in total. The minimum atomic E-state index is -1.98. The number of ether oxygens (including phenoxy) is 9. The van der Waals surface area contributed by atoms with Gasteiger partial charge in [0.2, 0.25) is 5.91 Å². The predicted octanol–water partition coefficient (Wildman–Crippen LogP) is 2.75. The Morgan fingerprint density at radius 1 is 0.613 bits per heavy atom. The van der Waals surface area contributed by atoms with Gasteiger partial charge in [-0.1, -0.05) is 5.11 Å². The number of nitrogens with zero attached hydrogens (tertiary/aromatic N) is 3. The third kappa shape index (κ3) is 22.5. The van der Waals surface area contributed by atoms with Gasteiger partial charge in [-0.2, -0.15) is 0 Å². The van der Waals surface area contributed by atoms with Crippen molar-refractivity contribution in [2.75, 3.05) is 19.7 Å². The molecular formula is C47H83N9O19. The van der Waals surface area contributed by atoms with Crippen LogP contribution in [0.5, 0.6) is 0 Å². The van der Waals surface area contributed by atoms with Crippen LogP contribution in [-0.2, 0) is 47.4 Å². The zero-order valence-electron chi connectivity index (χ0n) is 45.8. The Balaban J connectivity index is 2.20. The molecule has 3 fully saturated rings. The molecule has 0 aromatic rings. The first-order valence-electron chi connectivity index (χ1n) is 24.9. The van der Waals surface area contributed by atoms with Crippen LogP contribution in [0.1, 0.15) is 130 Å². The topological polar surface area (TPSA) is 387 Å². The summed E-state index contributed by atoms with van der Waals surface area (Å²) < 4.78 is 52.5. The molecule has 2 aliphatic heterocycles. The molecule has 430 valence electrons. The third-order valence-electron chi connectivity index (χ3n) is 10.8. The van der Waals surface area contributed by atoms with E-state index >= 15 is 0 Å². The second-order valence-corrected chi connectivity index (χ2v) is 23.5. The molecular weight excluding hydrogens is 995 g/mol. The first kappa shape index (κ1) is 64.1. The Hall–Kier alpha value is -5.19. The van der Waals surface area contributed by atoms with Gasteiger partial charge in [0.25, 0.3) is 0 Å². The van der Waals surface area contributed by atoms with Crippen molar-refractivity contribution in [2.24, 2.45) is 5.11 Å². The van der Waals surface area contributed by atoms with Crippen molar-refractivity contribution < 1.29 is 91.8 Å². The third-order valence-corrected chi connectivity index (χ3v) is 10.8. The highest BCUT2D eigenvalue weighted by molar-refractivity contribution is 5.81. The average molecular weight is 1080 g/mol. The quantitative estimate of drug-likeness (QED) is 0.0460. The molecule has 0 bridgehead atoms. The van der Waals surface area contributed by atoms with Crippen LogP contribution in [0.25, 0.3) is 10.4 Å². The zero-order chi connectivity index (χ0) is 57.0. The highest BCUT2D eigenvalue weighted by atomic mass is 16.7. The number of hydrogen-bond acceptors (Lipinski definition) is 20. The number of carbonyl (C=O) groups excluding carboxylic acids is 6. The number of aliphatic hydroxyl groups excluding tert-OH is 4. The molecule has 6 unspecified atom stereocenters. The maximum absolute atomic E-state index is 14.0. The lowest BCUT2D eigenvalue weighted by atomic mass is 9.81. The van der Waals surface area contributed by atoms with Gasteiger partial charge < -0.3 is 95.0 Å². The van der Waals surface area contributed by atoms with E-state index in [0.717, 1.165) is 0 Å². The van der Waals surface area contributed by atoms with Gasteiger partial charge in [-0.15, -0.1) is 0 Å². The van der Waals surface area contributed by atoms with Crippen LogP contribution < -0.4 is 31.9 Å². The first-order chi connectivity index (χ1) is 34.4. The molecule has 2 saturated heterocycles. The van der Waals surface area contributed by atoms with Gasteiger partial charge in [0.1, 0.15) is 52.4 Å². The van der Waals surface area contributed by atoms with Crippen LogP contribution in [0.2, 0.25) is 0 Å². The van der Waals surface area contributed by atoms with Crippen LogP contribution in [0.15, 0.2) is 5.11 Å². The molecule has 14 atom stereocenters. The number of hydrogen-bond donors (Lipinski definition) is 10. The maximum Gasteiger partial charge on any atom is 0.408 e. The molecule has 28 nitrogen and oxygen atoms in total. The molecule has 75 heavy (non-hydrogen) atoms. The first-order valence-corrected chi connectivity index (χ1v) is 24.9. The van der Waals surface area contributed by atoms with E-state index in [1.165, 1.54) is 0 Å². The predicted molar refractivity (Wildman–Crippen MR) is 263 cm³/mol. The monoisotopic (exact) mass is 1080 g/mol. The standard InChI is InChI=1S/C47H83N9O19/c1-43(2,3)71-38(62)49-19-18-27(58)35(61)51-25-20-26(53-41(65)74-46(10,11)12)34(69-36-24(52-40(64)73-45(7,8)9)17-16-23(67-36)21-50-39(63)72-44(4,5)6)30(55-56-48)33(25)70-37-32(60)29(31(59)28(22-57)68-37)54-42(66)75-47(13,14)15/h23-34,36-37,57-60H,16-22H2,1-15H3,(H,49,62)(H,50,63)(H,51,61)(H,52,64)(H,53,65)(H,54,66)/t23?,24?,25-,26+,27+,28?,29+,30?,31-,32?,33+,34?,36-,37-/m1/s1. The summed E-state index contributed by atoms with van der Waals surface area (Å²) in [5.74, 6) is -1.05. The highest BCUT2D eigenvalue weighted by Crippen LogP contribution is 2.35. The molecule has 0 aromatic heterocycles. The van der Waals surface area contributed by atoms with Crippen molar-refractivity contribution >= 4 is 36.4 Å². The Kier molecular flexibility index (Phi) is 22.8. The summed E-state index contributed by atoms with van der Waals surface area (Å²) in [5, 5.41) is 64.1. The number of azide groups is 1. The number of alkyl carbamates (subject to hydrolysis) is 5. The van der Waals surface area contributed by atoms with Crippen molar-refractivity contribution in [3.63, 3.8) is 0 Å². The summed E-state index contributed by atoms with van der Waals surface area (Å²) in [6.45, 7) is 23.2. The van der Waals surface area contributed by atoms with Crippen molar-refractivity contribution in [3.05, 3.63) is 10.4 Å². The summed E-state index contributed by atoms with van der Waals surface area (Å²) in [7, 11) is 0. The Labute approximate surface area is 437 Å². The van der Waals surface area contributed by atoms with Crippen LogP contribution >= 0.6 is 0 Å². The SMILES string of the molecule is CC(C)(C)OC(=O)NCC[C@H](O)C(=O)N[C@@H]1C[C@H](NC(=O)OC(C)(C)C)C(O[C@H]2OC(CNC(=O)OC(C)(C)C)CCC2NC(=O)OC(C)(C)C)C(N=[N+]=[N-])[C@H]1O[C@H]1OC(CO)[C@@H](O)[C@H](NC(=O)OC(C)(C)C)C1O. The lowest BCUT2D eigenvalue weighted by Gasteiger charge is -2.50. The number of aliphatic hydroxyl groups is 4. The van der Waals surface area contributed by atoms with Gasteiger partial charge in [0, 0.05) is 18.0 Å². The van der Waals surface area contributed by atoms with Gasteiger partial charge in [-0.05, 0) is 135 Å². The Bertz CT molecular complexity index is 1980. The molecule has 0 aromatic carbocycles. The molecule has 3 aliphatic rings. The molecule has 1 aliphatic carbocycles. The highest BCUT2D eigenvalue weighted by Gasteiger charge is 2.54. The fourth-order valence-corrected chi connectivity index (χ4v) is 7.89. The molecule has 2 heterocycles. The lowest BCUT2D eigenvalue weighted by Crippen LogP contribution is -2.70. The van der Waals surface area contributed by atoms with Crippen molar-refractivity contribution in [1.29, 1.82) is 0 Å². The smallest absolute Gasteiger partial charge is 0.408 e. The minimum absolute atomic E-state index is 0.110. The molecule has 1 saturated carbocycles. The van der Waals surface area contributed by atoms with Crippen LogP contribution in [0.3, 0.4) is 0 Å². The van der Waals surface area contributed by atoms with Crippen LogP contribution in [0.4, 0.5) is 24.0 Å². The maximum atomic E-state index is 14.0. The lowest BCUT2D eigenvalue weighted by molar-refractivity contribution is -0.304. The van der Waals surface area contributed by atoms with Gasteiger partial charge >= 0.3 is 30.5 Å². The molecule has 3 rings (SSSR count). The van der Waals surface area contributed by atoms with E-state index in [-0.39, 0.29) is 32.4 Å². The molecule has 0 radical (unpaired) electrons. The fourth-order valence-electron chi connectivity index (χ4n) is 7.89. The van der Waals surface area contributed by atoms with Gasteiger partial charge in [-0.25, -0.2) is 24.0 Å². The van der Waals surface area contributed by atoms with E-state index < -0.39 is 163 Å². The van der Waals surface area contributed by atoms with Crippen LogP contribution in [-0.4, -0.2) is 190 Å². The van der Waals surface area contributed by atoms with Crippen molar-refractivity contribution in [1.82, 2.24) is 31.9 Å². The van der Waals surface area contributed by atoms with Gasteiger partial charge in [0.05, 0.1) is 55.1 Å². The van der Waals surface area contributed by atoms with E-state index in [0.29, 0.717) is 0 Å². The second-order valence-electron chi connectivity index (χ2n) is 23.5. The number of amides is 6. The summed E-state index contributed by atoms with van der Waals surface area (Å²) in [6.07, 6.45) is -19.5. The van der Waals surface area contributed by atoms with Gasteiger partial charge in [-0.3, -0.25) is 4.79 Å². The number of nitrogens with one attached hydrogen (secondary N) is 6. The fraction of sp³-hybridized carbons (Fsp3) is 0.872. The second kappa shape index (κ2) is 26.7. The molecule has 0 spiro atoms. The minimum Gasteiger partial charge on any atom is -0.444 e. The summed E-state index contributed by atoms with van der Waals surface area (Å²) >= 11 is 0. The van der Waals surface area contributed by atoms with E-state index in [4.69, 9.17) is 42.6 Å². The normalized spacial score (nSPS) is 28.9.